The molecule has 0 radical (unpaired) electrons. The van der Waals surface area contributed by atoms with Crippen molar-refractivity contribution in [2.24, 2.45) is 5.84 Å². The number of hydrazine groups is 1. The molecular weight excluding hydrogens is 218 g/mol. The fourth-order valence-electron chi connectivity index (χ4n) is 1.69. The molecule has 0 saturated carbocycles. The number of rotatable bonds is 5. The first-order valence-electron chi connectivity index (χ1n) is 5.27. The molecule has 16 heavy (non-hydrogen) atoms. The maximum Gasteiger partial charge on any atom is 0.0464 e. The number of thiophene rings is 1. The Balaban J connectivity index is 1.96. The third kappa shape index (κ3) is 2.88. The Morgan fingerprint density at radius 1 is 1.31 bits per heavy atom. The summed E-state index contributed by atoms with van der Waals surface area (Å²) in [5.41, 5.74) is 5.42. The van der Waals surface area contributed by atoms with Gasteiger partial charge in [-0.25, -0.2) is 0 Å². The maximum atomic E-state index is 5.58. The highest BCUT2D eigenvalue weighted by Crippen LogP contribution is 2.18. The van der Waals surface area contributed by atoms with Crippen molar-refractivity contribution in [2.45, 2.75) is 18.9 Å². The number of hydrogen-bond acceptors (Lipinski definition) is 4. The number of nitrogens with one attached hydrogen (secondary N) is 1. The van der Waals surface area contributed by atoms with Crippen molar-refractivity contribution in [3.8, 4) is 0 Å². The quantitative estimate of drug-likeness (QED) is 0.615. The summed E-state index contributed by atoms with van der Waals surface area (Å²) in [5, 5.41) is 4.28. The van der Waals surface area contributed by atoms with Gasteiger partial charge in [0.05, 0.1) is 0 Å². The SMILES string of the molecule is NNC(CCc1ccsc1)c1ccncc1. The molecule has 84 valence electrons. The number of hydrogen-bond donors (Lipinski definition) is 2. The van der Waals surface area contributed by atoms with Gasteiger partial charge >= 0.3 is 0 Å². The minimum Gasteiger partial charge on any atom is -0.271 e. The first kappa shape index (κ1) is 11.3. The molecule has 0 aliphatic carbocycles. The van der Waals surface area contributed by atoms with Crippen molar-refractivity contribution in [1.29, 1.82) is 0 Å². The summed E-state index contributed by atoms with van der Waals surface area (Å²) in [4.78, 5) is 4.01. The molecule has 0 fully saturated rings. The average molecular weight is 233 g/mol. The molecule has 1 unspecified atom stereocenters. The van der Waals surface area contributed by atoms with Crippen LogP contribution in [0.5, 0.6) is 0 Å². The van der Waals surface area contributed by atoms with Crippen molar-refractivity contribution >= 4 is 11.3 Å². The van der Waals surface area contributed by atoms with Crippen molar-refractivity contribution < 1.29 is 0 Å². The third-order valence-electron chi connectivity index (χ3n) is 2.61. The van der Waals surface area contributed by atoms with Gasteiger partial charge in [-0.1, -0.05) is 0 Å². The van der Waals surface area contributed by atoms with Gasteiger partial charge in [0.2, 0.25) is 0 Å². The normalized spacial score (nSPS) is 12.6. The molecule has 0 aliphatic heterocycles. The van der Waals surface area contributed by atoms with Crippen LogP contribution in [0.15, 0.2) is 41.4 Å². The second-order valence-corrected chi connectivity index (χ2v) is 4.45. The number of pyridine rings is 1. The van der Waals surface area contributed by atoms with Crippen LogP contribution in [0.25, 0.3) is 0 Å². The zero-order valence-electron chi connectivity index (χ0n) is 8.97. The first-order chi connectivity index (χ1) is 7.90. The Kier molecular flexibility index (Phi) is 4.04. The van der Waals surface area contributed by atoms with Crippen molar-refractivity contribution in [1.82, 2.24) is 10.4 Å². The molecule has 0 saturated heterocycles. The van der Waals surface area contributed by atoms with Gasteiger partial charge in [0.15, 0.2) is 0 Å². The Hall–Kier alpha value is -1.23. The Bertz CT molecular complexity index is 399. The van der Waals surface area contributed by atoms with Gasteiger partial charge in [0.1, 0.15) is 0 Å². The van der Waals surface area contributed by atoms with E-state index in [4.69, 9.17) is 5.84 Å². The lowest BCUT2D eigenvalue weighted by molar-refractivity contribution is 0.516. The summed E-state index contributed by atoms with van der Waals surface area (Å²) in [6.07, 6.45) is 5.63. The Morgan fingerprint density at radius 2 is 2.12 bits per heavy atom. The van der Waals surface area contributed by atoms with E-state index in [1.54, 1.807) is 23.7 Å². The van der Waals surface area contributed by atoms with Crippen LogP contribution in [0, 0.1) is 0 Å². The van der Waals surface area contributed by atoms with Gasteiger partial charge in [-0.3, -0.25) is 16.3 Å². The highest BCUT2D eigenvalue weighted by molar-refractivity contribution is 7.07. The summed E-state index contributed by atoms with van der Waals surface area (Å²) >= 11 is 1.73. The first-order valence-corrected chi connectivity index (χ1v) is 6.21. The fraction of sp³-hybridized carbons (Fsp3) is 0.250. The van der Waals surface area contributed by atoms with Gasteiger partial charge in [-0.2, -0.15) is 11.3 Å². The molecule has 2 heterocycles. The molecule has 2 aromatic rings. The van der Waals surface area contributed by atoms with E-state index in [0.29, 0.717) is 0 Å². The molecule has 1 atom stereocenters. The average Bonchev–Trinajstić information content (AvgIpc) is 2.84. The predicted octanol–water partition coefficient (Wildman–Crippen LogP) is 2.28. The molecule has 3 nitrogen and oxygen atoms in total. The Morgan fingerprint density at radius 3 is 2.75 bits per heavy atom. The minimum absolute atomic E-state index is 0.197. The molecule has 0 aliphatic rings. The maximum absolute atomic E-state index is 5.58. The van der Waals surface area contributed by atoms with Crippen LogP contribution in [0.1, 0.15) is 23.6 Å². The van der Waals surface area contributed by atoms with Gasteiger partial charge in [0.25, 0.3) is 0 Å². The van der Waals surface area contributed by atoms with Gasteiger partial charge in [-0.05, 0) is 52.9 Å². The molecule has 2 aromatic heterocycles. The summed E-state index contributed by atoms with van der Waals surface area (Å²) in [6.45, 7) is 0. The smallest absolute Gasteiger partial charge is 0.0464 e. The van der Waals surface area contributed by atoms with Gasteiger partial charge in [0, 0.05) is 18.4 Å². The van der Waals surface area contributed by atoms with Crippen molar-refractivity contribution in [3.05, 3.63) is 52.5 Å². The number of aromatic nitrogens is 1. The molecule has 0 spiro atoms. The molecular formula is C12H15N3S. The highest BCUT2D eigenvalue weighted by atomic mass is 32.1. The fourth-order valence-corrected chi connectivity index (χ4v) is 2.39. The van der Waals surface area contributed by atoms with E-state index in [2.05, 4.69) is 27.2 Å². The summed E-state index contributed by atoms with van der Waals surface area (Å²) in [5.74, 6) is 5.58. The summed E-state index contributed by atoms with van der Waals surface area (Å²) in [7, 11) is 0. The summed E-state index contributed by atoms with van der Waals surface area (Å²) < 4.78 is 0. The lowest BCUT2D eigenvalue weighted by Gasteiger charge is -2.15. The summed E-state index contributed by atoms with van der Waals surface area (Å²) in [6, 6.07) is 6.35. The third-order valence-corrected chi connectivity index (χ3v) is 3.34. The van der Waals surface area contributed by atoms with Crippen LogP contribution in [-0.4, -0.2) is 4.98 Å². The predicted molar refractivity (Wildman–Crippen MR) is 66.9 cm³/mol. The molecule has 0 bridgehead atoms. The monoisotopic (exact) mass is 233 g/mol. The number of nitrogens with two attached hydrogens (primary N) is 1. The topological polar surface area (TPSA) is 50.9 Å². The molecule has 4 heteroatoms. The standard InChI is InChI=1S/C12H15N3S/c13-15-12(11-3-6-14-7-4-11)2-1-10-5-8-16-9-10/h3-9,12,15H,1-2,13H2. The van der Waals surface area contributed by atoms with Crippen LogP contribution in [-0.2, 0) is 6.42 Å². The number of aryl methyl sites for hydroxylation is 1. The van der Waals surface area contributed by atoms with E-state index in [-0.39, 0.29) is 6.04 Å². The van der Waals surface area contributed by atoms with Crippen molar-refractivity contribution in [3.63, 3.8) is 0 Å². The lowest BCUT2D eigenvalue weighted by atomic mass is 10.0. The van der Waals surface area contributed by atoms with Crippen LogP contribution in [0.4, 0.5) is 0 Å². The van der Waals surface area contributed by atoms with Crippen LogP contribution in [0.3, 0.4) is 0 Å². The van der Waals surface area contributed by atoms with E-state index in [9.17, 15) is 0 Å². The molecule has 0 aromatic carbocycles. The largest absolute Gasteiger partial charge is 0.271 e. The zero-order valence-corrected chi connectivity index (χ0v) is 9.78. The van der Waals surface area contributed by atoms with Crippen LogP contribution >= 0.6 is 11.3 Å². The van der Waals surface area contributed by atoms with E-state index in [1.165, 1.54) is 11.1 Å². The molecule has 2 rings (SSSR count). The van der Waals surface area contributed by atoms with E-state index in [0.717, 1.165) is 12.8 Å². The Labute approximate surface area is 99.3 Å². The molecule has 0 amide bonds. The van der Waals surface area contributed by atoms with E-state index < -0.39 is 0 Å². The zero-order chi connectivity index (χ0) is 11.2. The second kappa shape index (κ2) is 5.75. The van der Waals surface area contributed by atoms with Gasteiger partial charge in [-0.15, -0.1) is 0 Å². The van der Waals surface area contributed by atoms with Crippen LogP contribution in [0.2, 0.25) is 0 Å². The minimum atomic E-state index is 0.197. The van der Waals surface area contributed by atoms with Crippen LogP contribution < -0.4 is 11.3 Å². The number of nitrogens with zero attached hydrogens (tertiary/aromatic N) is 1. The highest BCUT2D eigenvalue weighted by Gasteiger charge is 2.09. The van der Waals surface area contributed by atoms with Gasteiger partial charge < -0.3 is 0 Å². The lowest BCUT2D eigenvalue weighted by Crippen LogP contribution is -2.28. The van der Waals surface area contributed by atoms with Crippen molar-refractivity contribution in [2.75, 3.05) is 0 Å². The molecule has 3 N–H and O–H groups in total. The van der Waals surface area contributed by atoms with E-state index in [1.807, 2.05) is 12.1 Å². The second-order valence-electron chi connectivity index (χ2n) is 3.67. The van der Waals surface area contributed by atoms with E-state index >= 15 is 0 Å².